The maximum absolute atomic E-state index is 2.79. The van der Waals surface area contributed by atoms with E-state index in [2.05, 4.69) is 300 Å². The molecule has 13 aromatic rings. The van der Waals surface area contributed by atoms with Crippen LogP contribution in [0.25, 0.3) is 55.0 Å². The third kappa shape index (κ3) is 6.38. The van der Waals surface area contributed by atoms with Gasteiger partial charge in [-0.05, 0) is 90.0 Å². The lowest BCUT2D eigenvalue weighted by atomic mass is 10.1. The van der Waals surface area contributed by atoms with Crippen molar-refractivity contribution in [2.45, 2.75) is 0 Å². The number of aromatic nitrogens is 2. The number of nitrogens with zero attached hydrogens (tertiary/aromatic N) is 2. The summed E-state index contributed by atoms with van der Waals surface area (Å²) >= 11 is 0. The van der Waals surface area contributed by atoms with Crippen LogP contribution in [0.2, 0.25) is 0 Å². The molecular formula is C66H48N2Si2. The second kappa shape index (κ2) is 17.2. The van der Waals surface area contributed by atoms with Gasteiger partial charge in [0.15, 0.2) is 16.1 Å². The van der Waals surface area contributed by atoms with Gasteiger partial charge in [0.05, 0.1) is 22.1 Å². The number of benzene rings is 11. The first-order valence-corrected chi connectivity index (χ1v) is 28.3. The fourth-order valence-corrected chi connectivity index (χ4v) is 21.5. The van der Waals surface area contributed by atoms with E-state index in [0.29, 0.717) is 0 Å². The minimum atomic E-state index is -2.79. The third-order valence-electron chi connectivity index (χ3n) is 14.8. The molecule has 0 N–H and O–H groups in total. The zero-order valence-electron chi connectivity index (χ0n) is 38.6. The topological polar surface area (TPSA) is 9.86 Å². The van der Waals surface area contributed by atoms with Crippen molar-refractivity contribution in [1.82, 2.24) is 9.13 Å². The summed E-state index contributed by atoms with van der Waals surface area (Å²) in [4.78, 5) is 0. The van der Waals surface area contributed by atoms with Crippen LogP contribution in [0.4, 0.5) is 0 Å². The molecular weight excluding hydrogens is 877 g/mol. The van der Waals surface area contributed by atoms with Crippen molar-refractivity contribution >= 4 is 101 Å². The summed E-state index contributed by atoms with van der Waals surface area (Å²) in [5.41, 5.74) is 7.08. The SMILES string of the molecule is c1ccc([Si](c2ccccc2)(c2ccccc2)c2cccc(-n3c4ccccc4c4c5c6ccccc6n(-c6cccc([Si](c7ccccc7)(c7ccccc7)c7ccccc7)c6)c5ccc43)c2)cc1. The molecule has 0 bridgehead atoms. The lowest BCUT2D eigenvalue weighted by molar-refractivity contribution is 1.17. The molecule has 0 spiro atoms. The van der Waals surface area contributed by atoms with Gasteiger partial charge in [-0.3, -0.25) is 0 Å². The highest BCUT2D eigenvalue weighted by atomic mass is 28.3. The van der Waals surface area contributed by atoms with E-state index in [-0.39, 0.29) is 0 Å². The van der Waals surface area contributed by atoms with Gasteiger partial charge >= 0.3 is 0 Å². The van der Waals surface area contributed by atoms with Gasteiger partial charge in [-0.1, -0.05) is 243 Å². The Hall–Kier alpha value is -8.55. The van der Waals surface area contributed by atoms with Gasteiger partial charge in [0.1, 0.15) is 0 Å². The maximum Gasteiger partial charge on any atom is 0.179 e. The molecule has 13 rings (SSSR count). The Balaban J connectivity index is 1.06. The fourth-order valence-electron chi connectivity index (χ4n) is 12.0. The monoisotopic (exact) mass is 924 g/mol. The average molecular weight is 925 g/mol. The third-order valence-corrected chi connectivity index (χ3v) is 24.3. The number of hydrogen-bond acceptors (Lipinski definition) is 0. The molecule has 0 fully saturated rings. The highest BCUT2D eigenvalue weighted by Gasteiger charge is 2.43. The lowest BCUT2D eigenvalue weighted by Gasteiger charge is -2.34. The molecule has 330 valence electrons. The largest absolute Gasteiger partial charge is 0.309 e. The van der Waals surface area contributed by atoms with E-state index >= 15 is 0 Å². The van der Waals surface area contributed by atoms with Gasteiger partial charge in [-0.25, -0.2) is 0 Å². The van der Waals surface area contributed by atoms with E-state index in [1.807, 2.05) is 0 Å². The van der Waals surface area contributed by atoms with Gasteiger partial charge in [0.25, 0.3) is 0 Å². The van der Waals surface area contributed by atoms with Crippen LogP contribution < -0.4 is 41.5 Å². The molecule has 0 saturated heterocycles. The van der Waals surface area contributed by atoms with E-state index in [1.165, 1.54) is 85.1 Å². The number of hydrogen-bond donors (Lipinski definition) is 0. The first-order valence-electron chi connectivity index (χ1n) is 24.3. The Labute approximate surface area is 410 Å². The predicted molar refractivity (Wildman–Crippen MR) is 302 cm³/mol. The van der Waals surface area contributed by atoms with Gasteiger partial charge in [-0.15, -0.1) is 0 Å². The molecule has 70 heavy (non-hydrogen) atoms. The highest BCUT2D eigenvalue weighted by Crippen LogP contribution is 2.42. The van der Waals surface area contributed by atoms with Crippen molar-refractivity contribution < 1.29 is 0 Å². The number of fused-ring (bicyclic) bond motifs is 7. The molecule has 0 aliphatic carbocycles. The van der Waals surface area contributed by atoms with E-state index < -0.39 is 16.1 Å². The first-order chi connectivity index (χ1) is 34.8. The quantitative estimate of drug-likeness (QED) is 0.0956. The number of para-hydroxylation sites is 2. The van der Waals surface area contributed by atoms with E-state index in [4.69, 9.17) is 0 Å². The van der Waals surface area contributed by atoms with Crippen LogP contribution in [0.15, 0.2) is 291 Å². The average Bonchev–Trinajstić information content (AvgIpc) is 3.96. The Bertz CT molecular complexity index is 3520. The van der Waals surface area contributed by atoms with E-state index in [9.17, 15) is 0 Å². The van der Waals surface area contributed by atoms with Crippen LogP contribution in [-0.2, 0) is 0 Å². The molecule has 0 atom stereocenters. The minimum Gasteiger partial charge on any atom is -0.309 e. The Morgan fingerprint density at radius 3 is 0.757 bits per heavy atom. The molecule has 11 aromatic carbocycles. The summed E-state index contributed by atoms with van der Waals surface area (Å²) in [6.45, 7) is 0. The molecule has 2 heterocycles. The Kier molecular flexibility index (Phi) is 10.2. The predicted octanol–water partition coefficient (Wildman–Crippen LogP) is 10.6. The van der Waals surface area contributed by atoms with Gasteiger partial charge in [-0.2, -0.15) is 0 Å². The molecule has 0 saturated carbocycles. The highest BCUT2D eigenvalue weighted by molar-refractivity contribution is 7.20. The van der Waals surface area contributed by atoms with Crippen LogP contribution in [0, 0.1) is 0 Å². The van der Waals surface area contributed by atoms with Crippen molar-refractivity contribution in [1.29, 1.82) is 0 Å². The maximum atomic E-state index is 2.51. The van der Waals surface area contributed by atoms with Crippen molar-refractivity contribution in [2.75, 3.05) is 0 Å². The smallest absolute Gasteiger partial charge is 0.179 e. The van der Waals surface area contributed by atoms with Gasteiger partial charge in [0.2, 0.25) is 0 Å². The van der Waals surface area contributed by atoms with E-state index in [0.717, 1.165) is 11.4 Å². The second-order valence-electron chi connectivity index (χ2n) is 18.4. The van der Waals surface area contributed by atoms with Crippen LogP contribution in [0.3, 0.4) is 0 Å². The molecule has 0 unspecified atom stereocenters. The molecule has 4 heteroatoms. The van der Waals surface area contributed by atoms with Crippen LogP contribution >= 0.6 is 0 Å². The van der Waals surface area contributed by atoms with Gasteiger partial charge < -0.3 is 9.13 Å². The summed E-state index contributed by atoms with van der Waals surface area (Å²) in [5, 5.41) is 15.9. The van der Waals surface area contributed by atoms with Crippen molar-refractivity contribution in [3.63, 3.8) is 0 Å². The fraction of sp³-hybridized carbons (Fsp3) is 0. The standard InChI is InChI=1S/C66H48N2Si2/c1-7-27-51(28-8-1)69(52-29-9-2-10-30-52,53-31-11-3-12-32-53)57-39-23-25-49(47-57)67-61-43-21-19-41-59(61)65-63(67)45-46-64-66(65)60-42-20-22-44-62(60)68(64)50-26-24-40-58(48-50)70(54-33-13-4-14-34-54,55-35-15-5-16-36-55)56-37-17-6-18-38-56/h1-48H. The second-order valence-corrected chi connectivity index (χ2v) is 26.0. The molecule has 0 aliphatic rings. The van der Waals surface area contributed by atoms with E-state index in [1.54, 1.807) is 0 Å². The minimum absolute atomic E-state index is 1.16. The zero-order chi connectivity index (χ0) is 46.5. The Morgan fingerprint density at radius 2 is 0.457 bits per heavy atom. The molecule has 0 radical (unpaired) electrons. The first kappa shape index (κ1) is 41.6. The zero-order valence-corrected chi connectivity index (χ0v) is 40.6. The van der Waals surface area contributed by atoms with Crippen LogP contribution in [0.1, 0.15) is 0 Å². The summed E-state index contributed by atoms with van der Waals surface area (Å²) in [7, 11) is -5.58. The molecule has 2 aromatic heterocycles. The normalized spacial score (nSPS) is 12.0. The summed E-state index contributed by atoms with van der Waals surface area (Å²) in [6.07, 6.45) is 0. The molecule has 0 amide bonds. The van der Waals surface area contributed by atoms with Crippen LogP contribution in [-0.4, -0.2) is 25.3 Å². The number of rotatable bonds is 10. The lowest BCUT2D eigenvalue weighted by Crippen LogP contribution is -2.74. The summed E-state index contributed by atoms with van der Waals surface area (Å²) < 4.78 is 5.03. The Morgan fingerprint density at radius 1 is 0.200 bits per heavy atom. The molecule has 2 nitrogen and oxygen atoms in total. The molecule has 0 aliphatic heterocycles. The van der Waals surface area contributed by atoms with Gasteiger partial charge in [0, 0.05) is 32.9 Å². The van der Waals surface area contributed by atoms with Crippen molar-refractivity contribution in [3.05, 3.63) is 291 Å². The van der Waals surface area contributed by atoms with Crippen molar-refractivity contribution in [2.24, 2.45) is 0 Å². The summed E-state index contributed by atoms with van der Waals surface area (Å²) in [6, 6.07) is 109. The summed E-state index contributed by atoms with van der Waals surface area (Å²) in [5.74, 6) is 0. The van der Waals surface area contributed by atoms with Crippen molar-refractivity contribution in [3.8, 4) is 11.4 Å². The van der Waals surface area contributed by atoms with Crippen LogP contribution in [0.5, 0.6) is 0 Å².